The number of hydrogen-bond acceptors (Lipinski definition) is 3. The molecule has 124 valence electrons. The van der Waals surface area contributed by atoms with Crippen LogP contribution in [0.4, 0.5) is 4.79 Å². The molecule has 23 heavy (non-hydrogen) atoms. The highest BCUT2D eigenvalue weighted by Gasteiger charge is 2.17. The smallest absolute Gasteiger partial charge is 0.315 e. The molecule has 2 unspecified atom stereocenters. The third-order valence-corrected chi connectivity index (χ3v) is 3.69. The van der Waals surface area contributed by atoms with Crippen LogP contribution < -0.4 is 10.6 Å². The largest absolute Gasteiger partial charge is 0.464 e. The second-order valence-corrected chi connectivity index (χ2v) is 5.62. The Kier molecular flexibility index (Phi) is 6.23. The molecule has 2 rings (SSSR count). The van der Waals surface area contributed by atoms with E-state index in [4.69, 9.17) is 9.52 Å². The van der Waals surface area contributed by atoms with E-state index >= 15 is 0 Å². The molecule has 2 atom stereocenters. The molecule has 1 heterocycles. The summed E-state index contributed by atoms with van der Waals surface area (Å²) in [4.78, 5) is 12.3. The minimum absolute atomic E-state index is 0.106. The number of rotatable bonds is 7. The van der Waals surface area contributed by atoms with Gasteiger partial charge in [-0.2, -0.15) is 0 Å². The van der Waals surface area contributed by atoms with Gasteiger partial charge in [0.05, 0.1) is 12.1 Å². The van der Waals surface area contributed by atoms with E-state index in [1.807, 2.05) is 56.3 Å². The number of carbonyl (C=O) groups excluding carboxylic acids is 1. The number of urea groups is 1. The molecule has 0 fully saturated rings. The van der Waals surface area contributed by atoms with Crippen molar-refractivity contribution in [2.75, 3.05) is 6.61 Å². The SMILES string of the molecule is Cc1ccc(C(C)NC(=O)NC(CCCO)c2ccccc2)o1. The number of furan rings is 1. The molecular formula is C18H24N2O3. The molecule has 0 aliphatic carbocycles. The second kappa shape index (κ2) is 8.39. The highest BCUT2D eigenvalue weighted by molar-refractivity contribution is 5.74. The fraction of sp³-hybridized carbons (Fsp3) is 0.389. The maximum atomic E-state index is 12.3. The van der Waals surface area contributed by atoms with E-state index in [2.05, 4.69) is 10.6 Å². The average Bonchev–Trinajstić information content (AvgIpc) is 2.99. The second-order valence-electron chi connectivity index (χ2n) is 5.62. The first-order valence-corrected chi connectivity index (χ1v) is 7.89. The van der Waals surface area contributed by atoms with E-state index in [1.54, 1.807) is 0 Å². The van der Waals surface area contributed by atoms with Crippen LogP contribution in [0, 0.1) is 6.92 Å². The maximum absolute atomic E-state index is 12.3. The van der Waals surface area contributed by atoms with E-state index in [0.717, 1.165) is 17.1 Å². The van der Waals surface area contributed by atoms with E-state index in [-0.39, 0.29) is 24.7 Å². The summed E-state index contributed by atoms with van der Waals surface area (Å²) in [5, 5.41) is 14.9. The summed E-state index contributed by atoms with van der Waals surface area (Å²) in [6.45, 7) is 3.86. The van der Waals surface area contributed by atoms with Crippen LogP contribution >= 0.6 is 0 Å². The highest BCUT2D eigenvalue weighted by atomic mass is 16.3. The summed E-state index contributed by atoms with van der Waals surface area (Å²) in [5.74, 6) is 1.54. The molecular weight excluding hydrogens is 292 g/mol. The molecule has 0 bridgehead atoms. The van der Waals surface area contributed by atoms with Crippen LogP contribution in [0.25, 0.3) is 0 Å². The summed E-state index contributed by atoms with van der Waals surface area (Å²) >= 11 is 0. The van der Waals surface area contributed by atoms with Gasteiger partial charge in [-0.25, -0.2) is 4.79 Å². The van der Waals surface area contributed by atoms with Crippen LogP contribution in [0.2, 0.25) is 0 Å². The highest BCUT2D eigenvalue weighted by Crippen LogP contribution is 2.19. The molecule has 0 aliphatic heterocycles. The van der Waals surface area contributed by atoms with Gasteiger partial charge >= 0.3 is 6.03 Å². The third-order valence-electron chi connectivity index (χ3n) is 3.69. The molecule has 2 amide bonds. The quantitative estimate of drug-likeness (QED) is 0.732. The molecule has 1 aromatic carbocycles. The van der Waals surface area contributed by atoms with Gasteiger partial charge in [0, 0.05) is 6.61 Å². The van der Waals surface area contributed by atoms with Gasteiger partial charge in [0.15, 0.2) is 0 Å². The van der Waals surface area contributed by atoms with Crippen molar-refractivity contribution in [2.45, 2.75) is 38.8 Å². The van der Waals surface area contributed by atoms with Crippen molar-refractivity contribution in [1.29, 1.82) is 0 Å². The van der Waals surface area contributed by atoms with Crippen molar-refractivity contribution in [3.8, 4) is 0 Å². The predicted molar refractivity (Wildman–Crippen MR) is 89.0 cm³/mol. The van der Waals surface area contributed by atoms with Crippen molar-refractivity contribution < 1.29 is 14.3 Å². The molecule has 5 nitrogen and oxygen atoms in total. The van der Waals surface area contributed by atoms with Crippen LogP contribution in [0.3, 0.4) is 0 Å². The Labute approximate surface area is 136 Å². The Balaban J connectivity index is 1.97. The van der Waals surface area contributed by atoms with E-state index in [9.17, 15) is 4.79 Å². The lowest BCUT2D eigenvalue weighted by molar-refractivity contribution is 0.228. The molecule has 0 radical (unpaired) electrons. The molecule has 1 aromatic heterocycles. The van der Waals surface area contributed by atoms with Gasteiger partial charge in [-0.1, -0.05) is 30.3 Å². The number of nitrogens with one attached hydrogen (secondary N) is 2. The van der Waals surface area contributed by atoms with Crippen molar-refractivity contribution in [3.05, 3.63) is 59.5 Å². The Bertz CT molecular complexity index is 610. The number of aliphatic hydroxyl groups is 1. The van der Waals surface area contributed by atoms with Gasteiger partial charge in [0.2, 0.25) is 0 Å². The van der Waals surface area contributed by atoms with Gasteiger partial charge in [-0.05, 0) is 44.4 Å². The zero-order valence-electron chi connectivity index (χ0n) is 13.6. The first-order chi connectivity index (χ1) is 11.1. The zero-order chi connectivity index (χ0) is 16.7. The third kappa shape index (κ3) is 5.14. The molecule has 5 heteroatoms. The molecule has 0 saturated carbocycles. The first kappa shape index (κ1) is 17.1. The number of carbonyl (C=O) groups is 1. The van der Waals surface area contributed by atoms with Gasteiger partial charge in [0.1, 0.15) is 11.5 Å². The fourth-order valence-electron chi connectivity index (χ4n) is 2.46. The van der Waals surface area contributed by atoms with Gasteiger partial charge < -0.3 is 20.2 Å². The lowest BCUT2D eigenvalue weighted by Crippen LogP contribution is -2.39. The van der Waals surface area contributed by atoms with E-state index in [0.29, 0.717) is 12.8 Å². The standard InChI is InChI=1S/C18H24N2O3/c1-13-10-11-17(23-13)14(2)19-18(22)20-16(9-6-12-21)15-7-4-3-5-8-15/h3-5,7-8,10-11,14,16,21H,6,9,12H2,1-2H3,(H2,19,20,22). The lowest BCUT2D eigenvalue weighted by Gasteiger charge is -2.21. The van der Waals surface area contributed by atoms with Gasteiger partial charge in [-0.3, -0.25) is 0 Å². The zero-order valence-corrected chi connectivity index (χ0v) is 13.6. The minimum Gasteiger partial charge on any atom is -0.464 e. The molecule has 0 aliphatic rings. The van der Waals surface area contributed by atoms with Crippen LogP contribution in [0.1, 0.15) is 48.9 Å². The summed E-state index contributed by atoms with van der Waals surface area (Å²) in [6.07, 6.45) is 1.31. The van der Waals surface area contributed by atoms with E-state index < -0.39 is 0 Å². The number of amides is 2. The normalized spacial score (nSPS) is 13.3. The van der Waals surface area contributed by atoms with Crippen molar-refractivity contribution in [1.82, 2.24) is 10.6 Å². The number of aryl methyl sites for hydroxylation is 1. The Morgan fingerprint density at radius 3 is 2.52 bits per heavy atom. The average molecular weight is 316 g/mol. The molecule has 0 saturated heterocycles. The minimum atomic E-state index is -0.252. The maximum Gasteiger partial charge on any atom is 0.315 e. The Hall–Kier alpha value is -2.27. The molecule has 3 N–H and O–H groups in total. The predicted octanol–water partition coefficient (Wildman–Crippen LogP) is 3.46. The fourth-order valence-corrected chi connectivity index (χ4v) is 2.46. The van der Waals surface area contributed by atoms with Crippen molar-refractivity contribution in [3.63, 3.8) is 0 Å². The van der Waals surface area contributed by atoms with Gasteiger partial charge in [-0.15, -0.1) is 0 Å². The van der Waals surface area contributed by atoms with E-state index in [1.165, 1.54) is 0 Å². The van der Waals surface area contributed by atoms with Crippen LogP contribution in [0.15, 0.2) is 46.9 Å². The summed E-state index contributed by atoms with van der Waals surface area (Å²) in [6, 6.07) is 12.9. The monoisotopic (exact) mass is 316 g/mol. The molecule has 2 aromatic rings. The topological polar surface area (TPSA) is 74.5 Å². The van der Waals surface area contributed by atoms with Crippen LogP contribution in [0.5, 0.6) is 0 Å². The molecule has 0 spiro atoms. The number of aliphatic hydroxyl groups excluding tert-OH is 1. The number of benzene rings is 1. The van der Waals surface area contributed by atoms with Gasteiger partial charge in [0.25, 0.3) is 0 Å². The Morgan fingerprint density at radius 2 is 1.91 bits per heavy atom. The number of hydrogen-bond donors (Lipinski definition) is 3. The first-order valence-electron chi connectivity index (χ1n) is 7.89. The Morgan fingerprint density at radius 1 is 1.17 bits per heavy atom. The summed E-state index contributed by atoms with van der Waals surface area (Å²) < 4.78 is 5.53. The summed E-state index contributed by atoms with van der Waals surface area (Å²) in [7, 11) is 0. The van der Waals surface area contributed by atoms with Crippen molar-refractivity contribution in [2.24, 2.45) is 0 Å². The lowest BCUT2D eigenvalue weighted by atomic mass is 10.0. The summed E-state index contributed by atoms with van der Waals surface area (Å²) in [5.41, 5.74) is 1.03. The van der Waals surface area contributed by atoms with Crippen LogP contribution in [-0.4, -0.2) is 17.7 Å². The van der Waals surface area contributed by atoms with Crippen molar-refractivity contribution >= 4 is 6.03 Å². The van der Waals surface area contributed by atoms with Crippen LogP contribution in [-0.2, 0) is 0 Å².